The Balaban J connectivity index is 4.09. The molecule has 0 aliphatic carbocycles. The number of unbranched alkanes of at least 4 members (excludes halogenated alkanes) is 17. The molecule has 0 aliphatic heterocycles. The summed E-state index contributed by atoms with van der Waals surface area (Å²) in [5.74, 6) is -0.916. The van der Waals surface area contributed by atoms with Crippen LogP contribution < -0.4 is 0 Å². The fourth-order valence-corrected chi connectivity index (χ4v) is 5.76. The number of esters is 3. The third-order valence-electron chi connectivity index (χ3n) is 9.04. The van der Waals surface area contributed by atoms with Gasteiger partial charge >= 0.3 is 17.9 Å². The molecule has 0 amide bonds. The molecule has 0 heterocycles. The minimum atomic E-state index is -0.769. The third-order valence-corrected chi connectivity index (χ3v) is 9.04. The first-order valence-electron chi connectivity index (χ1n) is 21.8. The summed E-state index contributed by atoms with van der Waals surface area (Å²) in [7, 11) is 0. The summed E-state index contributed by atoms with van der Waals surface area (Å²) >= 11 is 0. The molecule has 0 bridgehead atoms. The molecule has 0 radical (unpaired) electrons. The van der Waals surface area contributed by atoms with E-state index in [0.29, 0.717) is 19.3 Å². The van der Waals surface area contributed by atoms with Crippen LogP contribution in [0.15, 0.2) is 60.8 Å². The van der Waals surface area contributed by atoms with Crippen molar-refractivity contribution >= 4 is 17.9 Å². The van der Waals surface area contributed by atoms with E-state index in [0.717, 1.165) is 103 Å². The molecule has 0 saturated heterocycles. The van der Waals surface area contributed by atoms with Crippen LogP contribution in [0.3, 0.4) is 0 Å². The molecule has 0 aromatic rings. The zero-order valence-electron chi connectivity index (χ0n) is 34.5. The van der Waals surface area contributed by atoms with Crippen LogP contribution in [-0.2, 0) is 28.6 Å². The maximum atomic E-state index is 12.5. The van der Waals surface area contributed by atoms with Crippen molar-refractivity contribution in [2.45, 2.75) is 207 Å². The van der Waals surface area contributed by atoms with Crippen LogP contribution >= 0.6 is 0 Å². The van der Waals surface area contributed by atoms with Gasteiger partial charge in [0.15, 0.2) is 6.10 Å². The average molecular weight is 741 g/mol. The van der Waals surface area contributed by atoms with Gasteiger partial charge in [-0.05, 0) is 64.2 Å². The molecule has 0 N–H and O–H groups in total. The van der Waals surface area contributed by atoms with Gasteiger partial charge in [0.2, 0.25) is 0 Å². The van der Waals surface area contributed by atoms with Crippen LogP contribution in [0.2, 0.25) is 0 Å². The molecule has 304 valence electrons. The van der Waals surface area contributed by atoms with E-state index in [1.54, 1.807) is 0 Å². The SMILES string of the molecule is CC/C=C\C/C=C\C/C=C\C/C=C\C/C=C\CCCCCCCCCC(=O)OCC(COC(=O)CCCCCCC)OC(=O)CCCCCCCCC. The maximum absolute atomic E-state index is 12.5. The molecule has 0 spiro atoms. The molecule has 1 unspecified atom stereocenters. The van der Waals surface area contributed by atoms with E-state index in [2.05, 4.69) is 81.5 Å². The van der Waals surface area contributed by atoms with E-state index in [1.165, 1.54) is 57.8 Å². The van der Waals surface area contributed by atoms with E-state index >= 15 is 0 Å². The van der Waals surface area contributed by atoms with Gasteiger partial charge in [-0.1, -0.05) is 178 Å². The Morgan fingerprint density at radius 1 is 0.396 bits per heavy atom. The van der Waals surface area contributed by atoms with E-state index < -0.39 is 6.10 Å². The van der Waals surface area contributed by atoms with Crippen LogP contribution in [0.5, 0.6) is 0 Å². The quantitative estimate of drug-likeness (QED) is 0.0271. The van der Waals surface area contributed by atoms with Gasteiger partial charge in [0, 0.05) is 19.3 Å². The van der Waals surface area contributed by atoms with Crippen molar-refractivity contribution in [2.75, 3.05) is 13.2 Å². The molecule has 6 nitrogen and oxygen atoms in total. The largest absolute Gasteiger partial charge is 0.462 e. The van der Waals surface area contributed by atoms with Gasteiger partial charge in [0.1, 0.15) is 13.2 Å². The molecule has 0 aromatic heterocycles. The van der Waals surface area contributed by atoms with Crippen LogP contribution in [0, 0.1) is 0 Å². The zero-order valence-corrected chi connectivity index (χ0v) is 34.5. The molecule has 0 saturated carbocycles. The fourth-order valence-electron chi connectivity index (χ4n) is 5.76. The first kappa shape index (κ1) is 50.1. The Morgan fingerprint density at radius 2 is 0.736 bits per heavy atom. The number of hydrogen-bond acceptors (Lipinski definition) is 6. The van der Waals surface area contributed by atoms with Crippen LogP contribution in [0.25, 0.3) is 0 Å². The van der Waals surface area contributed by atoms with Crippen molar-refractivity contribution in [3.05, 3.63) is 60.8 Å². The lowest BCUT2D eigenvalue weighted by Crippen LogP contribution is -2.30. The van der Waals surface area contributed by atoms with Gasteiger partial charge in [-0.3, -0.25) is 14.4 Å². The Labute approximate surface area is 326 Å². The molecule has 53 heavy (non-hydrogen) atoms. The Kier molecular flexibility index (Phi) is 39.6. The van der Waals surface area contributed by atoms with Gasteiger partial charge in [-0.2, -0.15) is 0 Å². The lowest BCUT2D eigenvalue weighted by molar-refractivity contribution is -0.167. The normalized spacial score (nSPS) is 12.6. The lowest BCUT2D eigenvalue weighted by Gasteiger charge is -2.18. The third kappa shape index (κ3) is 40.1. The Bertz CT molecular complexity index is 991. The second-order valence-corrected chi connectivity index (χ2v) is 14.2. The standard InChI is InChI=1S/C47H80O6/c1-4-7-10-13-15-16-17-18-19-20-21-22-23-24-25-26-27-28-29-30-32-34-37-40-46(49)52-43-44(42-51-45(48)39-36-33-12-9-6-3)53-47(50)41-38-35-31-14-11-8-5-2/h7,10,15-16,18-19,21-22,24-25,44H,4-6,8-9,11-14,17,20,23,26-43H2,1-3H3/b10-7-,16-15-,19-18-,22-21-,25-24-. The smallest absolute Gasteiger partial charge is 0.306 e. The van der Waals surface area contributed by atoms with Crippen molar-refractivity contribution < 1.29 is 28.6 Å². The predicted octanol–water partition coefficient (Wildman–Crippen LogP) is 13.7. The van der Waals surface area contributed by atoms with Crippen LogP contribution in [-0.4, -0.2) is 37.2 Å². The maximum Gasteiger partial charge on any atom is 0.306 e. The monoisotopic (exact) mass is 741 g/mol. The topological polar surface area (TPSA) is 78.9 Å². The second kappa shape index (κ2) is 41.9. The van der Waals surface area contributed by atoms with E-state index in [4.69, 9.17) is 14.2 Å². The molecule has 6 heteroatoms. The van der Waals surface area contributed by atoms with Crippen molar-refractivity contribution in [2.24, 2.45) is 0 Å². The first-order valence-corrected chi connectivity index (χ1v) is 21.8. The van der Waals surface area contributed by atoms with Crippen molar-refractivity contribution in [3.63, 3.8) is 0 Å². The molecule has 1 atom stereocenters. The number of allylic oxidation sites excluding steroid dienone is 10. The summed E-state index contributed by atoms with van der Waals surface area (Å²) in [6.07, 6.45) is 49.7. The van der Waals surface area contributed by atoms with Crippen molar-refractivity contribution in [3.8, 4) is 0 Å². The highest BCUT2D eigenvalue weighted by Gasteiger charge is 2.19. The minimum absolute atomic E-state index is 0.0785. The predicted molar refractivity (Wildman–Crippen MR) is 224 cm³/mol. The number of carbonyl (C=O) groups excluding carboxylic acids is 3. The molecule has 0 rings (SSSR count). The molecule has 0 fully saturated rings. The van der Waals surface area contributed by atoms with Crippen LogP contribution in [0.4, 0.5) is 0 Å². The van der Waals surface area contributed by atoms with Gasteiger partial charge in [0.05, 0.1) is 0 Å². The highest BCUT2D eigenvalue weighted by Crippen LogP contribution is 2.13. The average Bonchev–Trinajstić information content (AvgIpc) is 3.15. The first-order chi connectivity index (χ1) is 26.0. The highest BCUT2D eigenvalue weighted by atomic mass is 16.6. The van der Waals surface area contributed by atoms with Gasteiger partial charge in [-0.15, -0.1) is 0 Å². The number of ether oxygens (including phenoxy) is 3. The summed E-state index contributed by atoms with van der Waals surface area (Å²) in [5, 5.41) is 0. The molecular formula is C47H80O6. The number of hydrogen-bond donors (Lipinski definition) is 0. The molecule has 0 aliphatic rings. The molecule has 0 aromatic carbocycles. The second-order valence-electron chi connectivity index (χ2n) is 14.2. The van der Waals surface area contributed by atoms with Crippen molar-refractivity contribution in [1.82, 2.24) is 0 Å². The Hall–Kier alpha value is -2.89. The zero-order chi connectivity index (χ0) is 38.7. The van der Waals surface area contributed by atoms with Crippen molar-refractivity contribution in [1.29, 1.82) is 0 Å². The minimum Gasteiger partial charge on any atom is -0.462 e. The number of carbonyl (C=O) groups is 3. The van der Waals surface area contributed by atoms with Gasteiger partial charge in [-0.25, -0.2) is 0 Å². The summed E-state index contributed by atoms with van der Waals surface area (Å²) in [6, 6.07) is 0. The van der Waals surface area contributed by atoms with Gasteiger partial charge in [0.25, 0.3) is 0 Å². The summed E-state index contributed by atoms with van der Waals surface area (Å²) in [6.45, 7) is 6.36. The summed E-state index contributed by atoms with van der Waals surface area (Å²) in [4.78, 5) is 37.2. The van der Waals surface area contributed by atoms with E-state index in [1.807, 2.05) is 0 Å². The Morgan fingerprint density at radius 3 is 1.15 bits per heavy atom. The van der Waals surface area contributed by atoms with Gasteiger partial charge < -0.3 is 14.2 Å². The van der Waals surface area contributed by atoms with Crippen LogP contribution in [0.1, 0.15) is 201 Å². The molecular weight excluding hydrogens is 661 g/mol. The lowest BCUT2D eigenvalue weighted by atomic mass is 10.1. The summed E-state index contributed by atoms with van der Waals surface area (Å²) in [5.41, 5.74) is 0. The number of rotatable bonds is 38. The van der Waals surface area contributed by atoms with E-state index in [-0.39, 0.29) is 31.1 Å². The highest BCUT2D eigenvalue weighted by molar-refractivity contribution is 5.71. The fraction of sp³-hybridized carbons (Fsp3) is 0.723. The summed E-state index contributed by atoms with van der Waals surface area (Å²) < 4.78 is 16.5. The van der Waals surface area contributed by atoms with E-state index in [9.17, 15) is 14.4 Å².